The highest BCUT2D eigenvalue weighted by Crippen LogP contribution is 2.37. The summed E-state index contributed by atoms with van der Waals surface area (Å²) in [4.78, 5) is 15.7. The number of pyridine rings is 1. The smallest absolute Gasteiger partial charge is 0.301 e. The lowest BCUT2D eigenvalue weighted by molar-refractivity contribution is -0.388. The van der Waals surface area contributed by atoms with Gasteiger partial charge in [0, 0.05) is 22.5 Å². The first-order valence-electron chi connectivity index (χ1n) is 5.37. The molecular weight excluding hydrogens is 330 g/mol. The molecule has 2 aromatic rings. The van der Waals surface area contributed by atoms with Gasteiger partial charge >= 0.3 is 5.69 Å². The van der Waals surface area contributed by atoms with Crippen molar-refractivity contribution in [1.29, 1.82) is 0 Å². The molecule has 19 heavy (non-hydrogen) atoms. The van der Waals surface area contributed by atoms with Gasteiger partial charge in [-0.15, -0.1) is 0 Å². The van der Waals surface area contributed by atoms with Gasteiger partial charge in [0.15, 0.2) is 5.03 Å². The van der Waals surface area contributed by atoms with Crippen LogP contribution in [0.5, 0.6) is 0 Å². The average Bonchev–Trinajstić information content (AvgIpc) is 2.41. The third-order valence-corrected chi connectivity index (χ3v) is 4.36. The summed E-state index contributed by atoms with van der Waals surface area (Å²) in [6, 6.07) is 10.6. The number of anilines is 1. The van der Waals surface area contributed by atoms with Crippen LogP contribution >= 0.6 is 27.7 Å². The fraction of sp³-hybridized carbons (Fsp3) is 0.0833. The molecule has 0 amide bonds. The number of nitrogens with one attached hydrogen (secondary N) is 1. The normalized spacial score (nSPS) is 10.2. The van der Waals surface area contributed by atoms with E-state index in [1.807, 2.05) is 24.3 Å². The number of halogens is 1. The molecule has 1 aromatic heterocycles. The van der Waals surface area contributed by atoms with E-state index in [0.29, 0.717) is 10.8 Å². The van der Waals surface area contributed by atoms with Crippen LogP contribution in [0.4, 0.5) is 11.5 Å². The van der Waals surface area contributed by atoms with Crippen LogP contribution in [-0.2, 0) is 0 Å². The van der Waals surface area contributed by atoms with Gasteiger partial charge in [-0.1, -0.05) is 23.9 Å². The average molecular weight is 340 g/mol. The van der Waals surface area contributed by atoms with Gasteiger partial charge in [0.2, 0.25) is 0 Å². The molecule has 0 aliphatic carbocycles. The molecule has 0 bridgehead atoms. The minimum absolute atomic E-state index is 0.000229. The summed E-state index contributed by atoms with van der Waals surface area (Å²) in [5.41, 5.74) is -0.000229. The molecule has 1 heterocycles. The molecule has 98 valence electrons. The first-order valence-corrected chi connectivity index (χ1v) is 6.98. The van der Waals surface area contributed by atoms with Crippen molar-refractivity contribution in [3.63, 3.8) is 0 Å². The van der Waals surface area contributed by atoms with Crippen molar-refractivity contribution in [3.05, 3.63) is 51.0 Å². The van der Waals surface area contributed by atoms with Crippen LogP contribution in [0.3, 0.4) is 0 Å². The van der Waals surface area contributed by atoms with E-state index in [0.717, 1.165) is 9.37 Å². The topological polar surface area (TPSA) is 68.1 Å². The molecular formula is C12H10BrN3O2S. The zero-order valence-electron chi connectivity index (χ0n) is 9.96. The van der Waals surface area contributed by atoms with Gasteiger partial charge in [-0.25, -0.2) is 4.98 Å². The Morgan fingerprint density at radius 2 is 2.05 bits per heavy atom. The molecule has 2 rings (SSSR count). The number of hydrogen-bond donors (Lipinski definition) is 1. The minimum Gasteiger partial charge on any atom is -0.373 e. The summed E-state index contributed by atoms with van der Waals surface area (Å²) in [7, 11) is 1.72. The first-order chi connectivity index (χ1) is 9.11. The second-order valence-electron chi connectivity index (χ2n) is 3.56. The Morgan fingerprint density at radius 3 is 2.68 bits per heavy atom. The molecule has 0 fully saturated rings. The summed E-state index contributed by atoms with van der Waals surface area (Å²) in [6.07, 6.45) is 0. The Labute approximate surface area is 122 Å². The van der Waals surface area contributed by atoms with Crippen LogP contribution in [0.15, 0.2) is 50.8 Å². The zero-order chi connectivity index (χ0) is 13.8. The Balaban J connectivity index is 2.43. The van der Waals surface area contributed by atoms with Crippen molar-refractivity contribution in [1.82, 2.24) is 4.98 Å². The maximum absolute atomic E-state index is 11.0. The van der Waals surface area contributed by atoms with Crippen molar-refractivity contribution >= 4 is 39.2 Å². The zero-order valence-corrected chi connectivity index (χ0v) is 12.4. The Hall–Kier alpha value is -1.60. The molecule has 7 heteroatoms. The van der Waals surface area contributed by atoms with Crippen molar-refractivity contribution < 1.29 is 4.92 Å². The predicted octanol–water partition coefficient (Wildman–Crippen LogP) is 3.95. The molecule has 0 aliphatic rings. The van der Waals surface area contributed by atoms with E-state index >= 15 is 0 Å². The summed E-state index contributed by atoms with van der Waals surface area (Å²) in [5.74, 6) is 0.597. The second kappa shape index (κ2) is 6.03. The number of nitrogens with zero attached hydrogens (tertiary/aromatic N) is 2. The van der Waals surface area contributed by atoms with Gasteiger partial charge in [0.1, 0.15) is 5.82 Å². The first kappa shape index (κ1) is 13.8. The SMILES string of the molecule is CNc1ccc([N+](=O)[O-])c(Sc2ccccc2Br)n1. The van der Waals surface area contributed by atoms with E-state index in [4.69, 9.17) is 0 Å². The maximum atomic E-state index is 11.0. The number of nitro groups is 1. The molecule has 0 spiro atoms. The van der Waals surface area contributed by atoms with Crippen LogP contribution in [-0.4, -0.2) is 17.0 Å². The standard InChI is InChI=1S/C12H10BrN3O2S/c1-14-11-7-6-9(16(17)18)12(15-11)19-10-5-3-2-4-8(10)13/h2-7H,1H3,(H,14,15). The highest BCUT2D eigenvalue weighted by atomic mass is 79.9. The molecule has 0 unspecified atom stereocenters. The van der Waals surface area contributed by atoms with Crippen molar-refractivity contribution in [2.75, 3.05) is 12.4 Å². The van der Waals surface area contributed by atoms with E-state index in [9.17, 15) is 10.1 Å². The molecule has 0 saturated carbocycles. The predicted molar refractivity (Wildman–Crippen MR) is 78.7 cm³/mol. The Morgan fingerprint density at radius 1 is 1.32 bits per heavy atom. The van der Waals surface area contributed by atoms with Crippen LogP contribution < -0.4 is 5.32 Å². The lowest BCUT2D eigenvalue weighted by atomic mass is 10.4. The van der Waals surface area contributed by atoms with Crippen molar-refractivity contribution in [3.8, 4) is 0 Å². The van der Waals surface area contributed by atoms with E-state index in [2.05, 4.69) is 26.2 Å². The molecule has 1 aromatic carbocycles. The molecule has 0 aliphatic heterocycles. The molecule has 0 saturated heterocycles. The lowest BCUT2D eigenvalue weighted by Gasteiger charge is -2.06. The number of aromatic nitrogens is 1. The molecule has 1 N–H and O–H groups in total. The third-order valence-electron chi connectivity index (χ3n) is 2.34. The van der Waals surface area contributed by atoms with Crippen LogP contribution in [0, 0.1) is 10.1 Å². The fourth-order valence-electron chi connectivity index (χ4n) is 1.42. The second-order valence-corrected chi connectivity index (χ2v) is 5.45. The van der Waals surface area contributed by atoms with Gasteiger partial charge in [0.25, 0.3) is 0 Å². The van der Waals surface area contributed by atoms with Crippen LogP contribution in [0.25, 0.3) is 0 Å². The van der Waals surface area contributed by atoms with Crippen molar-refractivity contribution in [2.45, 2.75) is 9.92 Å². The van der Waals surface area contributed by atoms with Gasteiger partial charge in [-0.3, -0.25) is 10.1 Å². The lowest BCUT2D eigenvalue weighted by Crippen LogP contribution is -1.98. The highest BCUT2D eigenvalue weighted by Gasteiger charge is 2.17. The Kier molecular flexibility index (Phi) is 4.39. The number of rotatable bonds is 4. The highest BCUT2D eigenvalue weighted by molar-refractivity contribution is 9.10. The molecule has 5 nitrogen and oxygen atoms in total. The number of hydrogen-bond acceptors (Lipinski definition) is 5. The summed E-state index contributed by atoms with van der Waals surface area (Å²) >= 11 is 4.68. The van der Waals surface area contributed by atoms with Gasteiger partial charge < -0.3 is 5.32 Å². The van der Waals surface area contributed by atoms with E-state index in [-0.39, 0.29) is 5.69 Å². The monoisotopic (exact) mass is 339 g/mol. The van der Waals surface area contributed by atoms with Gasteiger partial charge in [0.05, 0.1) is 4.92 Å². The van der Waals surface area contributed by atoms with Gasteiger partial charge in [-0.05, 0) is 34.1 Å². The molecule has 0 radical (unpaired) electrons. The largest absolute Gasteiger partial charge is 0.373 e. The summed E-state index contributed by atoms with van der Waals surface area (Å²) in [5, 5.41) is 14.3. The van der Waals surface area contributed by atoms with E-state index < -0.39 is 4.92 Å². The third kappa shape index (κ3) is 3.24. The Bertz CT molecular complexity index is 622. The van der Waals surface area contributed by atoms with Crippen LogP contribution in [0.1, 0.15) is 0 Å². The fourth-order valence-corrected chi connectivity index (χ4v) is 2.86. The minimum atomic E-state index is -0.425. The summed E-state index contributed by atoms with van der Waals surface area (Å²) in [6.45, 7) is 0. The quantitative estimate of drug-likeness (QED) is 0.674. The molecule has 0 atom stereocenters. The van der Waals surface area contributed by atoms with Crippen LogP contribution in [0.2, 0.25) is 0 Å². The maximum Gasteiger partial charge on any atom is 0.301 e. The van der Waals surface area contributed by atoms with Gasteiger partial charge in [-0.2, -0.15) is 0 Å². The van der Waals surface area contributed by atoms with E-state index in [1.54, 1.807) is 13.1 Å². The number of benzene rings is 1. The van der Waals surface area contributed by atoms with Crippen molar-refractivity contribution in [2.24, 2.45) is 0 Å². The van der Waals surface area contributed by atoms with E-state index in [1.165, 1.54) is 17.8 Å². The summed E-state index contributed by atoms with van der Waals surface area (Å²) < 4.78 is 0.881.